The molecule has 784 valence electrons. The van der Waals surface area contributed by atoms with Gasteiger partial charge >= 0.3 is 60.1 Å². The molecule has 12 aliphatic rings. The van der Waals surface area contributed by atoms with Crippen LogP contribution >= 0.6 is 83.8 Å². The fourth-order valence-electron chi connectivity index (χ4n) is 24.0. The van der Waals surface area contributed by atoms with Crippen LogP contribution in [0.5, 0.6) is 0 Å². The van der Waals surface area contributed by atoms with Gasteiger partial charge in [-0.1, -0.05) is 38.5 Å². The first kappa shape index (κ1) is 119. The number of hydrogen-bond donors (Lipinski definition) is 0. The molecule has 44 heteroatoms. The van der Waals surface area contributed by atoms with Gasteiger partial charge in [0.05, 0.1) is 0 Å². The lowest BCUT2D eigenvalue weighted by molar-refractivity contribution is -0.151. The van der Waals surface area contributed by atoms with Crippen molar-refractivity contribution in [2.75, 3.05) is 82.3 Å². The van der Waals surface area contributed by atoms with E-state index in [0.29, 0.717) is 77.0 Å². The lowest BCUT2D eigenvalue weighted by atomic mass is 9.70. The molecule has 12 rings (SSSR count). The maximum atomic E-state index is 13.2. The number of esters is 4. The van der Waals surface area contributed by atoms with Crippen molar-refractivity contribution >= 4 is 179 Å². The van der Waals surface area contributed by atoms with Gasteiger partial charge < -0.3 is 48.3 Å². The first-order chi connectivity index (χ1) is 63.3. The Morgan fingerprint density at radius 2 is 0.421 bits per heavy atom. The average molecular weight is 2220 g/mol. The van der Waals surface area contributed by atoms with Crippen molar-refractivity contribution in [1.29, 1.82) is 0 Å². The first-order valence-corrected chi connectivity index (χ1v) is 49.2. The summed E-state index contributed by atoms with van der Waals surface area (Å²) in [6, 6.07) is -2.34. The zero-order valence-corrected chi connectivity index (χ0v) is 94.8. The third-order valence-corrected chi connectivity index (χ3v) is 37.4. The van der Waals surface area contributed by atoms with Gasteiger partial charge in [0.25, 0.3) is 35.4 Å². The minimum atomic E-state index is -1.01. The Hall–Kier alpha value is -7.97. The second-order valence-corrected chi connectivity index (χ2v) is 49.6. The maximum Gasteiger partial charge on any atom is 0.334 e. The molecule has 12 saturated heterocycles. The fourth-order valence-corrected chi connectivity index (χ4v) is 25.1. The molecule has 0 aromatic rings. The van der Waals surface area contributed by atoms with E-state index >= 15 is 0 Å². The topological polar surface area (TPSA) is 368 Å². The number of ether oxygens (including phenoxy) is 4. The standard InChI is InChI=1S/C17H26BrN3O4.C17H26ClN3O4.C16H24BrN3O4.C16H24ClN3O4.C15H24BrN3O2.C15H24ClN3O2/c2*1-11(2)12(22)25-10-20-13(23)17(19(7)14(20)24)8-15(3,4)21(18)16(5,6)9-17;2*1-7-11(21)24-10-19-12(22)16(18(6)13(19)23)8-14(2,3)20(17)15(4,5)9-16;2*1-7-8-18-11(20)15(17(6)12(18)21)9-13(2,3)19(16)14(4,5)10-15/h2*1,8-10H2,2-7H3;2*7H,1,8-10H2,2-6H3;2*7H,1,8-10H2,2-6H3. The highest BCUT2D eigenvalue weighted by atomic mass is 79.9. The van der Waals surface area contributed by atoms with E-state index in [1.54, 1.807) is 77.5 Å². The van der Waals surface area contributed by atoms with Crippen molar-refractivity contribution in [2.45, 2.75) is 357 Å². The summed E-state index contributed by atoms with van der Waals surface area (Å²) in [5.74, 6) is -4.23. The van der Waals surface area contributed by atoms with Crippen LogP contribution in [0.15, 0.2) is 74.9 Å². The van der Waals surface area contributed by atoms with Crippen molar-refractivity contribution in [3.63, 3.8) is 0 Å². The van der Waals surface area contributed by atoms with Gasteiger partial charge in [0.2, 0.25) is 0 Å². The number of halogens is 6. The predicted molar refractivity (Wildman–Crippen MR) is 540 cm³/mol. The van der Waals surface area contributed by atoms with Gasteiger partial charge in [0, 0.05) is 194 Å². The van der Waals surface area contributed by atoms with Gasteiger partial charge in [-0.25, -0.2) is 92.6 Å². The van der Waals surface area contributed by atoms with E-state index in [2.05, 4.69) is 127 Å². The van der Waals surface area contributed by atoms with Crippen LogP contribution in [0.1, 0.15) is 257 Å². The largest absolute Gasteiger partial charge is 0.440 e. The molecule has 0 radical (unpaired) electrons. The van der Waals surface area contributed by atoms with Gasteiger partial charge in [-0.05, 0) is 292 Å². The number of hydrogen-bond acceptors (Lipinski definition) is 26. The summed E-state index contributed by atoms with van der Waals surface area (Å²) < 4.78 is 31.3. The monoisotopic (exact) mass is 2210 g/mol. The molecule has 0 N–H and O–H groups in total. The Morgan fingerprint density at radius 1 is 0.279 bits per heavy atom. The van der Waals surface area contributed by atoms with Crippen LogP contribution in [0.2, 0.25) is 0 Å². The molecule has 38 nitrogen and oxygen atoms in total. The number of nitrogens with zero attached hydrogens (tertiary/aromatic N) is 18. The first-order valence-electron chi connectivity index (χ1n) is 46.1. The van der Waals surface area contributed by atoms with E-state index in [1.165, 1.54) is 43.2 Å². The summed E-state index contributed by atoms with van der Waals surface area (Å²) in [7, 11) is 9.92. The second kappa shape index (κ2) is 40.4. The van der Waals surface area contributed by atoms with Crippen LogP contribution < -0.4 is 0 Å². The van der Waals surface area contributed by atoms with E-state index in [9.17, 15) is 76.7 Å². The molecule has 0 bridgehead atoms. The molecule has 12 fully saturated rings. The van der Waals surface area contributed by atoms with Crippen LogP contribution in [-0.4, -0.2) is 361 Å². The van der Waals surface area contributed by atoms with Gasteiger partial charge in [0.15, 0.2) is 26.9 Å². The van der Waals surface area contributed by atoms with Crippen molar-refractivity contribution in [3.05, 3.63) is 74.9 Å². The molecule has 0 aliphatic carbocycles. The summed E-state index contributed by atoms with van der Waals surface area (Å²) in [6.45, 7) is 70.9. The molecular weight excluding hydrogens is 2070 g/mol. The number of carbonyl (C=O) groups excluding carboxylic acids is 16. The molecular formula is C96H148Br3Cl3N18O20. The van der Waals surface area contributed by atoms with Crippen LogP contribution in [0, 0.1) is 0 Å². The Bertz CT molecular complexity index is 4660. The lowest BCUT2D eigenvalue weighted by Gasteiger charge is -2.56. The summed E-state index contributed by atoms with van der Waals surface area (Å²) in [6.07, 6.45) is 10.8. The quantitative estimate of drug-likeness (QED) is 0.0346. The Kier molecular flexibility index (Phi) is 34.4. The number of piperidine rings is 6. The second-order valence-electron chi connectivity index (χ2n) is 46.4. The van der Waals surface area contributed by atoms with Crippen LogP contribution in [0.3, 0.4) is 0 Å². The number of imide groups is 6. The zero-order chi connectivity index (χ0) is 108. The molecule has 0 unspecified atom stereocenters. The van der Waals surface area contributed by atoms with Crippen molar-refractivity contribution in [3.8, 4) is 0 Å². The van der Waals surface area contributed by atoms with E-state index in [4.69, 9.17) is 54.3 Å². The molecule has 12 heterocycles. The molecule has 18 amide bonds. The predicted octanol–water partition coefficient (Wildman–Crippen LogP) is 14.9. The number of amides is 18. The molecule has 12 aliphatic heterocycles. The zero-order valence-electron chi connectivity index (χ0n) is 87.8. The minimum absolute atomic E-state index is 0.100. The normalized spacial score (nSPS) is 25.8. The third-order valence-electron chi connectivity index (χ3n) is 28.9. The van der Waals surface area contributed by atoms with Crippen molar-refractivity contribution in [2.24, 2.45) is 0 Å². The van der Waals surface area contributed by atoms with Crippen LogP contribution in [-0.2, 0) is 66.9 Å². The highest BCUT2D eigenvalue weighted by molar-refractivity contribution is 9.08. The minimum Gasteiger partial charge on any atom is -0.440 e. The average Bonchev–Trinajstić information content (AvgIpc) is 1.57. The van der Waals surface area contributed by atoms with Crippen LogP contribution in [0.25, 0.3) is 0 Å². The van der Waals surface area contributed by atoms with E-state index in [0.717, 1.165) is 31.8 Å². The molecule has 0 aromatic heterocycles. The number of likely N-dealkylation sites (N-methyl/N-ethyl adjacent to an activating group) is 6. The fraction of sp³-hybridized carbons (Fsp3) is 0.708. The van der Waals surface area contributed by atoms with Gasteiger partial charge in [-0.2, -0.15) is 0 Å². The highest BCUT2D eigenvalue weighted by Gasteiger charge is 2.71. The van der Waals surface area contributed by atoms with Crippen LogP contribution in [0.4, 0.5) is 28.8 Å². The Balaban J connectivity index is 0.000000229. The number of carbonyl (C=O) groups is 16. The maximum absolute atomic E-state index is 13.2. The number of rotatable bonds is 16. The van der Waals surface area contributed by atoms with Gasteiger partial charge in [-0.3, -0.25) is 38.6 Å². The highest BCUT2D eigenvalue weighted by Crippen LogP contribution is 2.58. The molecule has 140 heavy (non-hydrogen) atoms. The summed E-state index contributed by atoms with van der Waals surface area (Å²) in [5, 5.41) is 0. The summed E-state index contributed by atoms with van der Waals surface area (Å²) >= 11 is 30.3. The Morgan fingerprint density at radius 3 is 0.571 bits per heavy atom. The molecule has 6 spiro atoms. The van der Waals surface area contributed by atoms with Gasteiger partial charge in [-0.15, -0.1) is 13.2 Å². The van der Waals surface area contributed by atoms with E-state index < -0.39 is 141 Å². The smallest absolute Gasteiger partial charge is 0.334 e. The Labute approximate surface area is 866 Å². The summed E-state index contributed by atoms with van der Waals surface area (Å²) in [5.41, 5.74) is -9.74. The van der Waals surface area contributed by atoms with Crippen molar-refractivity contribution in [1.82, 2.24) is 83.8 Å². The molecule has 0 aromatic carbocycles. The summed E-state index contributed by atoms with van der Waals surface area (Å²) in [4.78, 5) is 215. The van der Waals surface area contributed by atoms with Gasteiger partial charge in [0.1, 0.15) is 33.2 Å². The molecule has 0 saturated carbocycles. The molecule has 0 atom stereocenters. The lowest BCUT2D eigenvalue weighted by Crippen LogP contribution is -2.67. The van der Waals surface area contributed by atoms with E-state index in [1.807, 2.05) is 138 Å². The number of urea groups is 6. The SMILES string of the molecule is C=C(C)C(=O)OCN1C(=O)N(C)C2(CC(C)(C)N(Br)C(C)(C)C2)C1=O.C=C(C)C(=O)OCN1C(=O)N(C)C2(CC(C)(C)N(Cl)C(C)(C)C2)C1=O.C=CC(=O)OCN1C(=O)N(C)C2(CC(C)(C)N(Br)C(C)(C)C2)C1=O.C=CC(=O)OCN1C(=O)N(C)C2(CC(C)(C)N(Cl)C(C)(C)C2)C1=O.C=CCN1C(=O)N(C)C2(CC(C)(C)N(Br)C(C)(C)C2)C1=O.C=CCN1C(=O)N(C)C2(CC(C)(C)N(Cl)C(C)(C)C2)C1=O. The third kappa shape index (κ3) is 21.4. The van der Waals surface area contributed by atoms with Crippen molar-refractivity contribution < 1.29 is 95.7 Å². The van der Waals surface area contributed by atoms with E-state index in [-0.39, 0.29) is 105 Å².